The highest BCUT2D eigenvalue weighted by Gasteiger charge is 2.33. The average molecular weight is 251 g/mol. The van der Waals surface area contributed by atoms with Crippen LogP contribution in [-0.2, 0) is 4.74 Å². The van der Waals surface area contributed by atoms with E-state index in [9.17, 15) is 10.1 Å². The van der Waals surface area contributed by atoms with E-state index in [1.807, 2.05) is 0 Å². The number of nitro benzene ring substituents is 1. The monoisotopic (exact) mass is 251 g/mol. The Kier molecular flexibility index (Phi) is 2.76. The van der Waals surface area contributed by atoms with Crippen LogP contribution in [0.3, 0.4) is 0 Å². The van der Waals surface area contributed by atoms with Crippen molar-refractivity contribution in [2.75, 3.05) is 7.05 Å². The first-order chi connectivity index (χ1) is 8.00. The molecule has 1 fully saturated rings. The quantitative estimate of drug-likeness (QED) is 0.493. The van der Waals surface area contributed by atoms with Crippen molar-refractivity contribution in [2.24, 2.45) is 0 Å². The Balaban J connectivity index is 2.35. The summed E-state index contributed by atoms with van der Waals surface area (Å²) in [5.74, 6) is -0.0843. The average Bonchev–Trinajstić information content (AvgIpc) is 2.57. The summed E-state index contributed by atoms with van der Waals surface area (Å²) in [5.41, 5.74) is 0.593. The van der Waals surface area contributed by atoms with E-state index >= 15 is 0 Å². The van der Waals surface area contributed by atoms with E-state index in [1.54, 1.807) is 24.1 Å². The Morgan fingerprint density at radius 3 is 2.82 bits per heavy atom. The van der Waals surface area contributed by atoms with Gasteiger partial charge in [0.1, 0.15) is 0 Å². The molecule has 1 N–H and O–H groups in total. The first-order valence-corrected chi connectivity index (χ1v) is 5.18. The van der Waals surface area contributed by atoms with E-state index in [2.05, 4.69) is 0 Å². The Morgan fingerprint density at radius 1 is 1.59 bits per heavy atom. The maximum Gasteiger partial charge on any atom is 0.269 e. The van der Waals surface area contributed by atoms with E-state index in [-0.39, 0.29) is 11.6 Å². The Morgan fingerprint density at radius 2 is 2.29 bits per heavy atom. The van der Waals surface area contributed by atoms with Gasteiger partial charge < -0.3 is 9.64 Å². The lowest BCUT2D eigenvalue weighted by molar-refractivity contribution is -0.385. The molecule has 7 heteroatoms. The fourth-order valence-electron chi connectivity index (χ4n) is 1.59. The highest BCUT2D eigenvalue weighted by molar-refractivity contribution is 7.82. The summed E-state index contributed by atoms with van der Waals surface area (Å²) in [7, 11) is 1.69. The number of rotatable bonds is 2. The van der Waals surface area contributed by atoms with Crippen LogP contribution in [0.15, 0.2) is 24.3 Å². The van der Waals surface area contributed by atoms with Gasteiger partial charge in [0.05, 0.1) is 4.92 Å². The normalized spacial score (nSPS) is 19.4. The molecule has 1 aromatic rings. The van der Waals surface area contributed by atoms with Gasteiger partial charge in [0, 0.05) is 24.7 Å². The van der Waals surface area contributed by atoms with E-state index in [0.717, 1.165) is 0 Å². The standard InChI is InChI=1S/C10H9N3O3S/c1-12-9(16-8(11)10(12)17)6-3-2-4-7(5-6)13(14)15/h2-5,9,11H,1H3/t9-/m0/s1. The summed E-state index contributed by atoms with van der Waals surface area (Å²) in [4.78, 5) is 12.1. The van der Waals surface area contributed by atoms with Crippen LogP contribution >= 0.6 is 12.2 Å². The maximum absolute atomic E-state index is 10.7. The minimum atomic E-state index is -0.560. The number of nitro groups is 1. The molecule has 0 spiro atoms. The molecule has 0 saturated carbocycles. The third-order valence-corrected chi connectivity index (χ3v) is 2.94. The number of thiocarbonyl (C=S) groups is 1. The van der Waals surface area contributed by atoms with Crippen LogP contribution in [0, 0.1) is 15.5 Å². The lowest BCUT2D eigenvalue weighted by Crippen LogP contribution is -2.23. The van der Waals surface area contributed by atoms with Crippen LogP contribution in [0.5, 0.6) is 0 Å². The molecule has 1 saturated heterocycles. The molecule has 0 aliphatic carbocycles. The third-order valence-electron chi connectivity index (χ3n) is 2.46. The molecular formula is C10H9N3O3S. The van der Waals surface area contributed by atoms with Crippen molar-refractivity contribution in [3.63, 3.8) is 0 Å². The summed E-state index contributed by atoms with van der Waals surface area (Å²) in [5, 5.41) is 18.1. The SMILES string of the molecule is CN1C(=S)C(=N)O[C@H]1c1cccc([N+](=O)[O-])c1. The second-order valence-electron chi connectivity index (χ2n) is 3.57. The Labute approximate surface area is 102 Å². The molecule has 1 aliphatic heterocycles. The molecule has 88 valence electrons. The van der Waals surface area contributed by atoms with Crippen molar-refractivity contribution in [1.29, 1.82) is 5.41 Å². The van der Waals surface area contributed by atoms with Gasteiger partial charge in [0.15, 0.2) is 4.99 Å². The molecule has 0 unspecified atom stereocenters. The first kappa shape index (κ1) is 11.5. The van der Waals surface area contributed by atoms with Gasteiger partial charge in [-0.05, 0) is 0 Å². The Bertz CT molecular complexity index is 517. The van der Waals surface area contributed by atoms with Crippen LogP contribution in [0.2, 0.25) is 0 Å². The maximum atomic E-state index is 10.7. The highest BCUT2D eigenvalue weighted by atomic mass is 32.1. The minimum Gasteiger partial charge on any atom is -0.447 e. The van der Waals surface area contributed by atoms with Gasteiger partial charge >= 0.3 is 0 Å². The molecule has 1 aliphatic rings. The van der Waals surface area contributed by atoms with Crippen molar-refractivity contribution in [1.82, 2.24) is 4.90 Å². The summed E-state index contributed by atoms with van der Waals surface area (Å²) >= 11 is 4.97. The number of likely N-dealkylation sites (N-methyl/N-ethyl adjacent to an activating group) is 1. The van der Waals surface area contributed by atoms with Crippen molar-refractivity contribution < 1.29 is 9.66 Å². The van der Waals surface area contributed by atoms with Gasteiger partial charge in [0.25, 0.3) is 5.69 Å². The molecule has 0 amide bonds. The van der Waals surface area contributed by atoms with E-state index in [0.29, 0.717) is 10.6 Å². The van der Waals surface area contributed by atoms with Gasteiger partial charge in [-0.3, -0.25) is 15.5 Å². The number of hydrogen-bond donors (Lipinski definition) is 1. The van der Waals surface area contributed by atoms with Crippen LogP contribution in [0.4, 0.5) is 5.69 Å². The molecule has 1 heterocycles. The van der Waals surface area contributed by atoms with Crippen molar-refractivity contribution in [3.8, 4) is 0 Å². The van der Waals surface area contributed by atoms with Crippen LogP contribution in [0.1, 0.15) is 11.8 Å². The van der Waals surface area contributed by atoms with E-state index in [1.165, 1.54) is 12.1 Å². The van der Waals surface area contributed by atoms with Crippen LogP contribution < -0.4 is 0 Å². The Hall–Kier alpha value is -2.02. The lowest BCUT2D eigenvalue weighted by atomic mass is 10.1. The smallest absolute Gasteiger partial charge is 0.269 e. The molecule has 6 nitrogen and oxygen atoms in total. The summed E-state index contributed by atoms with van der Waals surface area (Å²) < 4.78 is 5.25. The largest absolute Gasteiger partial charge is 0.447 e. The number of nitrogens with zero attached hydrogens (tertiary/aromatic N) is 2. The molecule has 1 aromatic carbocycles. The van der Waals surface area contributed by atoms with E-state index < -0.39 is 11.2 Å². The van der Waals surface area contributed by atoms with Gasteiger partial charge in [-0.25, -0.2) is 0 Å². The number of nitrogens with one attached hydrogen (secondary N) is 1. The summed E-state index contributed by atoms with van der Waals surface area (Å²) in [6, 6.07) is 6.11. The zero-order valence-corrected chi connectivity index (χ0v) is 9.73. The predicted octanol–water partition coefficient (Wildman–Crippen LogP) is 1.86. The minimum absolute atomic E-state index is 0.0103. The molecular weight excluding hydrogens is 242 g/mol. The van der Waals surface area contributed by atoms with Gasteiger partial charge in [-0.15, -0.1) is 0 Å². The zero-order valence-electron chi connectivity index (χ0n) is 8.91. The lowest BCUT2D eigenvalue weighted by Gasteiger charge is -2.18. The number of benzene rings is 1. The van der Waals surface area contributed by atoms with Gasteiger partial charge in [-0.2, -0.15) is 0 Å². The van der Waals surface area contributed by atoms with Crippen molar-refractivity contribution in [3.05, 3.63) is 39.9 Å². The van der Waals surface area contributed by atoms with Crippen LogP contribution in [-0.4, -0.2) is 27.8 Å². The van der Waals surface area contributed by atoms with Crippen molar-refractivity contribution >= 4 is 28.8 Å². The zero-order chi connectivity index (χ0) is 12.6. The van der Waals surface area contributed by atoms with Gasteiger partial charge in [-0.1, -0.05) is 24.4 Å². The number of non-ortho nitro benzene ring substituents is 1. The predicted molar refractivity (Wildman–Crippen MR) is 65.0 cm³/mol. The first-order valence-electron chi connectivity index (χ1n) is 4.77. The molecule has 0 bridgehead atoms. The molecule has 1 atom stereocenters. The highest BCUT2D eigenvalue weighted by Crippen LogP contribution is 2.29. The molecule has 17 heavy (non-hydrogen) atoms. The number of ether oxygens (including phenoxy) is 1. The fourth-order valence-corrected chi connectivity index (χ4v) is 1.74. The summed E-state index contributed by atoms with van der Waals surface area (Å²) in [6.07, 6.45) is -0.560. The molecule has 0 aromatic heterocycles. The molecule has 0 radical (unpaired) electrons. The van der Waals surface area contributed by atoms with E-state index in [4.69, 9.17) is 22.4 Å². The molecule has 2 rings (SSSR count). The second-order valence-corrected chi connectivity index (χ2v) is 3.95. The second kappa shape index (κ2) is 4.10. The van der Waals surface area contributed by atoms with Gasteiger partial charge in [0.2, 0.25) is 12.1 Å². The van der Waals surface area contributed by atoms with Crippen LogP contribution in [0.25, 0.3) is 0 Å². The topological polar surface area (TPSA) is 79.5 Å². The number of hydrogen-bond acceptors (Lipinski definition) is 5. The fraction of sp³-hybridized carbons (Fsp3) is 0.200. The third kappa shape index (κ3) is 1.96. The summed E-state index contributed by atoms with van der Waals surface area (Å²) in [6.45, 7) is 0. The van der Waals surface area contributed by atoms with Crippen molar-refractivity contribution in [2.45, 2.75) is 6.23 Å².